The lowest BCUT2D eigenvalue weighted by Crippen LogP contribution is -2.41. The van der Waals surface area contributed by atoms with Crippen molar-refractivity contribution in [3.8, 4) is 0 Å². The molecule has 0 amide bonds. The molecule has 4 heteroatoms. The third-order valence-corrected chi connectivity index (χ3v) is 4.21. The number of pyridine rings is 1. The highest BCUT2D eigenvalue weighted by Gasteiger charge is 2.35. The Morgan fingerprint density at radius 3 is 3.00 bits per heavy atom. The molecule has 0 radical (unpaired) electrons. The van der Waals surface area contributed by atoms with Crippen LogP contribution in [0.25, 0.3) is 5.65 Å². The number of fused-ring (bicyclic) bond motifs is 1. The van der Waals surface area contributed by atoms with Gasteiger partial charge in [-0.05, 0) is 44.0 Å². The van der Waals surface area contributed by atoms with Crippen molar-refractivity contribution in [1.82, 2.24) is 19.9 Å². The molecule has 1 saturated heterocycles. The molecule has 3 heterocycles. The third-order valence-electron chi connectivity index (χ3n) is 4.21. The van der Waals surface area contributed by atoms with E-state index >= 15 is 0 Å². The smallest absolute Gasteiger partial charge is 0.160 e. The second kappa shape index (κ2) is 4.35. The maximum atomic E-state index is 4.43. The first-order valence-electron chi connectivity index (χ1n) is 6.70. The van der Waals surface area contributed by atoms with Gasteiger partial charge in [0.05, 0.1) is 0 Å². The van der Waals surface area contributed by atoms with Gasteiger partial charge >= 0.3 is 0 Å². The SMILES string of the molecule is CC(C)(c1nnc2ccccn12)C1CCCNC1. The molecule has 0 spiro atoms. The molecule has 2 aromatic rings. The van der Waals surface area contributed by atoms with Gasteiger partial charge < -0.3 is 5.32 Å². The van der Waals surface area contributed by atoms with Gasteiger partial charge in [0.1, 0.15) is 5.82 Å². The quantitative estimate of drug-likeness (QED) is 0.878. The number of hydrogen-bond acceptors (Lipinski definition) is 3. The second-order valence-corrected chi connectivity index (χ2v) is 5.72. The van der Waals surface area contributed by atoms with Crippen molar-refractivity contribution in [3.63, 3.8) is 0 Å². The van der Waals surface area contributed by atoms with Gasteiger partial charge in [0.15, 0.2) is 5.65 Å². The zero-order chi connectivity index (χ0) is 12.6. The summed E-state index contributed by atoms with van der Waals surface area (Å²) in [5, 5.41) is 12.2. The normalized spacial score (nSPS) is 21.3. The molecule has 0 bridgehead atoms. The third kappa shape index (κ3) is 1.81. The molecule has 0 aliphatic carbocycles. The average Bonchev–Trinajstić information content (AvgIpc) is 2.84. The van der Waals surface area contributed by atoms with Crippen LogP contribution >= 0.6 is 0 Å². The molecular weight excluding hydrogens is 224 g/mol. The summed E-state index contributed by atoms with van der Waals surface area (Å²) in [5.41, 5.74) is 0.984. The molecule has 1 aliphatic heterocycles. The Morgan fingerprint density at radius 2 is 2.22 bits per heavy atom. The first-order chi connectivity index (χ1) is 8.69. The lowest BCUT2D eigenvalue weighted by atomic mass is 9.74. The molecule has 1 fully saturated rings. The summed E-state index contributed by atoms with van der Waals surface area (Å²) in [7, 11) is 0. The topological polar surface area (TPSA) is 42.2 Å². The molecule has 1 aliphatic rings. The summed E-state index contributed by atoms with van der Waals surface area (Å²) in [6.45, 7) is 6.80. The molecule has 1 unspecified atom stereocenters. The van der Waals surface area contributed by atoms with Crippen LogP contribution in [-0.4, -0.2) is 27.7 Å². The number of hydrogen-bond donors (Lipinski definition) is 1. The summed E-state index contributed by atoms with van der Waals surface area (Å²) < 4.78 is 2.12. The molecule has 3 rings (SSSR count). The van der Waals surface area contributed by atoms with Crippen LogP contribution in [0.5, 0.6) is 0 Å². The van der Waals surface area contributed by atoms with Gasteiger partial charge in [0, 0.05) is 11.6 Å². The first kappa shape index (κ1) is 11.7. The summed E-state index contributed by atoms with van der Waals surface area (Å²) >= 11 is 0. The van der Waals surface area contributed by atoms with E-state index in [1.165, 1.54) is 12.8 Å². The predicted octanol–water partition coefficient (Wildman–Crippen LogP) is 2.01. The number of rotatable bonds is 2. The fourth-order valence-corrected chi connectivity index (χ4v) is 2.93. The summed E-state index contributed by atoms with van der Waals surface area (Å²) in [6, 6.07) is 6.05. The summed E-state index contributed by atoms with van der Waals surface area (Å²) in [5.74, 6) is 1.70. The van der Waals surface area contributed by atoms with Crippen LogP contribution in [0, 0.1) is 5.92 Å². The van der Waals surface area contributed by atoms with Gasteiger partial charge in [-0.2, -0.15) is 0 Å². The Hall–Kier alpha value is -1.42. The van der Waals surface area contributed by atoms with Crippen LogP contribution in [-0.2, 0) is 5.41 Å². The Kier molecular flexibility index (Phi) is 2.82. The van der Waals surface area contributed by atoms with E-state index in [0.29, 0.717) is 5.92 Å². The van der Waals surface area contributed by atoms with Crippen LogP contribution in [0.1, 0.15) is 32.5 Å². The Labute approximate surface area is 107 Å². The highest BCUT2D eigenvalue weighted by Crippen LogP contribution is 2.34. The minimum absolute atomic E-state index is 0.0498. The maximum Gasteiger partial charge on any atom is 0.160 e. The zero-order valence-electron chi connectivity index (χ0n) is 11.1. The average molecular weight is 244 g/mol. The largest absolute Gasteiger partial charge is 0.316 e. The summed E-state index contributed by atoms with van der Waals surface area (Å²) in [4.78, 5) is 0. The minimum atomic E-state index is 0.0498. The van der Waals surface area contributed by atoms with Crippen molar-refractivity contribution < 1.29 is 0 Å². The zero-order valence-corrected chi connectivity index (χ0v) is 11.1. The van der Waals surface area contributed by atoms with Crippen molar-refractivity contribution in [2.24, 2.45) is 5.92 Å². The van der Waals surface area contributed by atoms with Crippen LogP contribution in [0.3, 0.4) is 0 Å². The van der Waals surface area contributed by atoms with Gasteiger partial charge in [-0.25, -0.2) is 0 Å². The molecule has 1 N–H and O–H groups in total. The van der Waals surface area contributed by atoms with E-state index in [1.807, 2.05) is 18.2 Å². The fraction of sp³-hybridized carbons (Fsp3) is 0.571. The minimum Gasteiger partial charge on any atom is -0.316 e. The monoisotopic (exact) mass is 244 g/mol. The van der Waals surface area contributed by atoms with Gasteiger partial charge in [-0.3, -0.25) is 4.40 Å². The van der Waals surface area contributed by atoms with Crippen molar-refractivity contribution in [2.45, 2.75) is 32.1 Å². The highest BCUT2D eigenvalue weighted by atomic mass is 15.3. The predicted molar refractivity (Wildman–Crippen MR) is 71.6 cm³/mol. The van der Waals surface area contributed by atoms with E-state index in [0.717, 1.165) is 24.6 Å². The van der Waals surface area contributed by atoms with E-state index in [2.05, 4.69) is 40.0 Å². The molecule has 0 saturated carbocycles. The van der Waals surface area contributed by atoms with Gasteiger partial charge in [0.2, 0.25) is 0 Å². The molecule has 18 heavy (non-hydrogen) atoms. The van der Waals surface area contributed by atoms with Crippen LogP contribution in [0.15, 0.2) is 24.4 Å². The van der Waals surface area contributed by atoms with Gasteiger partial charge in [-0.1, -0.05) is 19.9 Å². The van der Waals surface area contributed by atoms with Gasteiger partial charge in [0.25, 0.3) is 0 Å². The number of nitrogens with one attached hydrogen (secondary N) is 1. The fourth-order valence-electron chi connectivity index (χ4n) is 2.93. The molecule has 2 aromatic heterocycles. The summed E-state index contributed by atoms with van der Waals surface area (Å²) in [6.07, 6.45) is 4.58. The molecule has 0 aromatic carbocycles. The van der Waals surface area contributed by atoms with Crippen molar-refractivity contribution in [1.29, 1.82) is 0 Å². The van der Waals surface area contributed by atoms with Crippen molar-refractivity contribution in [3.05, 3.63) is 30.2 Å². The van der Waals surface area contributed by atoms with E-state index in [9.17, 15) is 0 Å². The van der Waals surface area contributed by atoms with E-state index in [1.54, 1.807) is 0 Å². The second-order valence-electron chi connectivity index (χ2n) is 5.72. The van der Waals surface area contributed by atoms with Crippen LogP contribution in [0.4, 0.5) is 0 Å². The molecule has 4 nitrogen and oxygen atoms in total. The lowest BCUT2D eigenvalue weighted by Gasteiger charge is -2.35. The molecule has 96 valence electrons. The van der Waals surface area contributed by atoms with Crippen molar-refractivity contribution in [2.75, 3.05) is 13.1 Å². The highest BCUT2D eigenvalue weighted by molar-refractivity contribution is 5.38. The lowest BCUT2D eigenvalue weighted by molar-refractivity contribution is 0.240. The van der Waals surface area contributed by atoms with E-state index in [4.69, 9.17) is 0 Å². The van der Waals surface area contributed by atoms with Crippen LogP contribution in [0.2, 0.25) is 0 Å². The van der Waals surface area contributed by atoms with E-state index in [-0.39, 0.29) is 5.41 Å². The number of nitrogens with zero attached hydrogens (tertiary/aromatic N) is 3. The standard InChI is InChI=1S/C14H20N4/c1-14(2,11-6-5-8-15-10-11)13-17-16-12-7-3-4-9-18(12)13/h3-4,7,9,11,15H,5-6,8,10H2,1-2H3. The van der Waals surface area contributed by atoms with Gasteiger partial charge in [-0.15, -0.1) is 10.2 Å². The Balaban J connectivity index is 2.01. The van der Waals surface area contributed by atoms with E-state index < -0.39 is 0 Å². The first-order valence-corrected chi connectivity index (χ1v) is 6.70. The molecule has 1 atom stereocenters. The number of piperidine rings is 1. The maximum absolute atomic E-state index is 4.43. The van der Waals surface area contributed by atoms with Crippen LogP contribution < -0.4 is 5.32 Å². The number of aromatic nitrogens is 3. The van der Waals surface area contributed by atoms with Crippen molar-refractivity contribution >= 4 is 5.65 Å². The molecular formula is C14H20N4. The Morgan fingerprint density at radius 1 is 1.33 bits per heavy atom. The Bertz CT molecular complexity index is 537.